The minimum absolute atomic E-state index is 0.347. The number of hydrogen-bond acceptors (Lipinski definition) is 2. The number of halogens is 3. The molecule has 0 bridgehead atoms. The van der Waals surface area contributed by atoms with Gasteiger partial charge in [-0.1, -0.05) is 46.9 Å². The van der Waals surface area contributed by atoms with E-state index in [-0.39, 0.29) is 0 Å². The number of benzene rings is 1. The zero-order chi connectivity index (χ0) is 13.6. The van der Waals surface area contributed by atoms with E-state index in [1.165, 1.54) is 0 Å². The van der Waals surface area contributed by atoms with Crippen molar-refractivity contribution in [2.24, 2.45) is 0 Å². The molecule has 6 heteroatoms. The number of aromatic nitrogens is 3. The molecule has 1 aromatic carbocycles. The third kappa shape index (κ3) is 2.18. The fourth-order valence-corrected chi connectivity index (χ4v) is 2.69. The Hall–Kier alpha value is -1.29. The predicted molar refractivity (Wildman–Crippen MR) is 78.2 cm³/mol. The second-order valence-electron chi connectivity index (χ2n) is 4.13. The Morgan fingerprint density at radius 2 is 1.74 bits per heavy atom. The van der Waals surface area contributed by atoms with Crippen LogP contribution in [0.25, 0.3) is 16.8 Å². The van der Waals surface area contributed by atoms with Crippen molar-refractivity contribution in [1.82, 2.24) is 14.6 Å². The van der Waals surface area contributed by atoms with Crippen LogP contribution in [0.3, 0.4) is 0 Å². The zero-order valence-corrected chi connectivity index (χ0v) is 12.1. The molecule has 0 aliphatic carbocycles. The summed E-state index contributed by atoms with van der Waals surface area (Å²) in [6.07, 6.45) is 0. The molecule has 3 aromatic rings. The third-order valence-electron chi connectivity index (χ3n) is 2.76. The molecule has 0 aliphatic rings. The molecule has 96 valence electrons. The standard InChI is InChI=1S/C13H8Cl3N3/c1-7-6-10-17-12(15)11(13(16)19(10)18-7)8-2-4-9(14)5-3-8/h2-6H,1H3. The number of fused-ring (bicyclic) bond motifs is 1. The van der Waals surface area contributed by atoms with Crippen LogP contribution in [0.5, 0.6) is 0 Å². The van der Waals surface area contributed by atoms with Gasteiger partial charge in [-0.25, -0.2) is 9.50 Å². The minimum Gasteiger partial charge on any atom is -0.216 e. The summed E-state index contributed by atoms with van der Waals surface area (Å²) in [5.74, 6) is 0. The fourth-order valence-electron chi connectivity index (χ4n) is 1.91. The maximum absolute atomic E-state index is 6.38. The third-order valence-corrected chi connectivity index (χ3v) is 3.63. The van der Waals surface area contributed by atoms with Crippen molar-refractivity contribution in [2.75, 3.05) is 0 Å². The summed E-state index contributed by atoms with van der Waals surface area (Å²) in [5.41, 5.74) is 2.96. The molecule has 3 nitrogen and oxygen atoms in total. The van der Waals surface area contributed by atoms with E-state index >= 15 is 0 Å². The van der Waals surface area contributed by atoms with E-state index < -0.39 is 0 Å². The first-order chi connectivity index (χ1) is 9.06. The molecule has 0 atom stereocenters. The van der Waals surface area contributed by atoms with E-state index in [0.29, 0.717) is 26.5 Å². The zero-order valence-electron chi connectivity index (χ0n) is 9.86. The van der Waals surface area contributed by atoms with Crippen LogP contribution >= 0.6 is 34.8 Å². The summed E-state index contributed by atoms with van der Waals surface area (Å²) >= 11 is 18.5. The Balaban J connectivity index is 2.31. The Morgan fingerprint density at radius 3 is 2.42 bits per heavy atom. The molecule has 19 heavy (non-hydrogen) atoms. The number of nitrogens with zero attached hydrogens (tertiary/aromatic N) is 3. The molecule has 0 N–H and O–H groups in total. The molecular weight excluding hydrogens is 305 g/mol. The maximum atomic E-state index is 6.38. The summed E-state index contributed by atoms with van der Waals surface area (Å²) in [7, 11) is 0. The lowest BCUT2D eigenvalue weighted by molar-refractivity contribution is 0.920. The monoisotopic (exact) mass is 311 g/mol. The quantitative estimate of drug-likeness (QED) is 0.611. The fraction of sp³-hybridized carbons (Fsp3) is 0.0769. The molecule has 0 fully saturated rings. The Bertz CT molecular complexity index is 763. The number of rotatable bonds is 1. The van der Waals surface area contributed by atoms with Gasteiger partial charge in [0, 0.05) is 11.1 Å². The van der Waals surface area contributed by atoms with E-state index in [1.807, 2.05) is 25.1 Å². The normalized spacial score (nSPS) is 11.2. The Kier molecular flexibility index (Phi) is 3.13. The molecule has 0 amide bonds. The predicted octanol–water partition coefficient (Wildman–Crippen LogP) is 4.66. The Morgan fingerprint density at radius 1 is 1.05 bits per heavy atom. The van der Waals surface area contributed by atoms with Crippen LogP contribution in [0.15, 0.2) is 30.3 Å². The van der Waals surface area contributed by atoms with Crippen LogP contribution in [0.2, 0.25) is 15.3 Å². The molecule has 0 saturated carbocycles. The smallest absolute Gasteiger partial charge is 0.158 e. The second kappa shape index (κ2) is 4.67. The first-order valence-electron chi connectivity index (χ1n) is 5.53. The highest BCUT2D eigenvalue weighted by molar-refractivity contribution is 6.38. The lowest BCUT2D eigenvalue weighted by Gasteiger charge is -2.08. The van der Waals surface area contributed by atoms with Gasteiger partial charge in [0.2, 0.25) is 0 Å². The van der Waals surface area contributed by atoms with Crippen molar-refractivity contribution < 1.29 is 0 Å². The molecule has 0 spiro atoms. The van der Waals surface area contributed by atoms with Crippen molar-refractivity contribution in [3.05, 3.63) is 51.4 Å². The summed E-state index contributed by atoms with van der Waals surface area (Å²) < 4.78 is 1.58. The van der Waals surface area contributed by atoms with E-state index in [4.69, 9.17) is 34.8 Å². The van der Waals surface area contributed by atoms with Gasteiger partial charge in [-0.05, 0) is 24.6 Å². The molecular formula is C13H8Cl3N3. The lowest BCUT2D eigenvalue weighted by atomic mass is 10.1. The first kappa shape index (κ1) is 12.7. The van der Waals surface area contributed by atoms with Crippen LogP contribution in [-0.4, -0.2) is 14.6 Å². The van der Waals surface area contributed by atoms with Gasteiger partial charge in [-0.15, -0.1) is 0 Å². The molecule has 3 rings (SSSR count). The molecule has 0 radical (unpaired) electrons. The number of hydrogen-bond donors (Lipinski definition) is 0. The lowest BCUT2D eigenvalue weighted by Crippen LogP contribution is -1.97. The molecule has 0 unspecified atom stereocenters. The van der Waals surface area contributed by atoms with Crippen LogP contribution in [0.4, 0.5) is 0 Å². The SMILES string of the molecule is Cc1cc2nc(Cl)c(-c3ccc(Cl)cc3)c(Cl)n2n1. The van der Waals surface area contributed by atoms with Gasteiger partial charge in [0.1, 0.15) is 10.3 Å². The summed E-state index contributed by atoms with van der Waals surface area (Å²) in [5, 5.41) is 5.73. The molecule has 2 aromatic heterocycles. The van der Waals surface area contributed by atoms with E-state index in [9.17, 15) is 0 Å². The average Bonchev–Trinajstić information content (AvgIpc) is 2.72. The number of aryl methyl sites for hydroxylation is 1. The highest BCUT2D eigenvalue weighted by Crippen LogP contribution is 2.34. The van der Waals surface area contributed by atoms with Gasteiger partial charge in [-0.3, -0.25) is 0 Å². The van der Waals surface area contributed by atoms with Crippen molar-refractivity contribution in [1.29, 1.82) is 0 Å². The largest absolute Gasteiger partial charge is 0.216 e. The molecule has 0 aliphatic heterocycles. The van der Waals surface area contributed by atoms with Crippen LogP contribution < -0.4 is 0 Å². The van der Waals surface area contributed by atoms with Crippen molar-refractivity contribution in [2.45, 2.75) is 6.92 Å². The van der Waals surface area contributed by atoms with Crippen molar-refractivity contribution in [3.8, 4) is 11.1 Å². The van der Waals surface area contributed by atoms with Crippen LogP contribution in [0.1, 0.15) is 5.69 Å². The highest BCUT2D eigenvalue weighted by atomic mass is 35.5. The summed E-state index contributed by atoms with van der Waals surface area (Å²) in [4.78, 5) is 4.30. The van der Waals surface area contributed by atoms with Gasteiger partial charge in [-0.2, -0.15) is 5.10 Å². The highest BCUT2D eigenvalue weighted by Gasteiger charge is 2.15. The Labute approximate surface area is 124 Å². The average molecular weight is 313 g/mol. The summed E-state index contributed by atoms with van der Waals surface area (Å²) in [6.45, 7) is 1.88. The van der Waals surface area contributed by atoms with Crippen LogP contribution in [-0.2, 0) is 0 Å². The topological polar surface area (TPSA) is 30.2 Å². The first-order valence-corrected chi connectivity index (χ1v) is 6.67. The van der Waals surface area contributed by atoms with E-state index in [0.717, 1.165) is 11.3 Å². The van der Waals surface area contributed by atoms with Gasteiger partial charge < -0.3 is 0 Å². The van der Waals surface area contributed by atoms with Gasteiger partial charge in [0.05, 0.1) is 11.3 Å². The summed E-state index contributed by atoms with van der Waals surface area (Å²) in [6, 6.07) is 9.08. The van der Waals surface area contributed by atoms with Gasteiger partial charge >= 0.3 is 0 Å². The van der Waals surface area contributed by atoms with Gasteiger partial charge in [0.25, 0.3) is 0 Å². The molecule has 2 heterocycles. The van der Waals surface area contributed by atoms with Crippen molar-refractivity contribution >= 4 is 40.4 Å². The van der Waals surface area contributed by atoms with E-state index in [1.54, 1.807) is 16.6 Å². The van der Waals surface area contributed by atoms with Gasteiger partial charge in [0.15, 0.2) is 5.65 Å². The molecule has 0 saturated heterocycles. The second-order valence-corrected chi connectivity index (χ2v) is 5.28. The maximum Gasteiger partial charge on any atom is 0.158 e. The van der Waals surface area contributed by atoms with Crippen molar-refractivity contribution in [3.63, 3.8) is 0 Å². The van der Waals surface area contributed by atoms with E-state index in [2.05, 4.69) is 10.1 Å². The minimum atomic E-state index is 0.347. The van der Waals surface area contributed by atoms with Crippen LogP contribution in [0, 0.1) is 6.92 Å².